The Hall–Kier alpha value is -2.77. The first-order chi connectivity index (χ1) is 18.2. The summed E-state index contributed by atoms with van der Waals surface area (Å²) in [7, 11) is -3.57. The van der Waals surface area contributed by atoms with Gasteiger partial charge in [0.25, 0.3) is 15.9 Å². The number of rotatable bonds is 9. The number of anilines is 1. The second-order valence-electron chi connectivity index (χ2n) is 8.32. The van der Waals surface area contributed by atoms with Crippen molar-refractivity contribution in [1.82, 2.24) is 4.31 Å². The molecule has 0 spiro atoms. The van der Waals surface area contributed by atoms with Gasteiger partial charge >= 0.3 is 11.9 Å². The monoisotopic (exact) mass is 596 g/mol. The van der Waals surface area contributed by atoms with Crippen LogP contribution in [0.2, 0.25) is 5.02 Å². The smallest absolute Gasteiger partial charge is 0.341 e. The highest BCUT2D eigenvalue weighted by Gasteiger charge is 2.33. The van der Waals surface area contributed by atoms with E-state index < -0.39 is 40.4 Å². The maximum Gasteiger partial charge on any atom is 0.341 e. The van der Waals surface area contributed by atoms with E-state index >= 15 is 0 Å². The number of carbonyl (C=O) groups excluding carboxylic acids is 3. The Morgan fingerprint density at radius 2 is 1.79 bits per heavy atom. The number of hydrogen-bond donors (Lipinski definition) is 1. The molecule has 2 aromatic heterocycles. The third-order valence-electron chi connectivity index (χ3n) is 5.91. The normalized spacial score (nSPS) is 14.7. The molecule has 3 aromatic rings. The average molecular weight is 597 g/mol. The third kappa shape index (κ3) is 6.26. The Balaban J connectivity index is 1.36. The van der Waals surface area contributed by atoms with Crippen molar-refractivity contribution in [3.05, 3.63) is 57.7 Å². The van der Waals surface area contributed by atoms with Gasteiger partial charge in [-0.05, 0) is 37.3 Å². The third-order valence-corrected chi connectivity index (χ3v) is 10.4. The lowest BCUT2D eigenvalue weighted by atomic mass is 9.98. The fourth-order valence-electron chi connectivity index (χ4n) is 4.02. The van der Waals surface area contributed by atoms with Crippen molar-refractivity contribution < 1.29 is 32.3 Å². The Kier molecular flexibility index (Phi) is 9.21. The number of piperidine rings is 1. The van der Waals surface area contributed by atoms with Gasteiger partial charge < -0.3 is 14.8 Å². The van der Waals surface area contributed by atoms with Crippen LogP contribution in [0.5, 0.6) is 0 Å². The van der Waals surface area contributed by atoms with Crippen LogP contribution in [-0.4, -0.2) is 56.9 Å². The van der Waals surface area contributed by atoms with Crippen LogP contribution in [-0.2, 0) is 29.1 Å². The van der Waals surface area contributed by atoms with Gasteiger partial charge in [0.1, 0.15) is 14.8 Å². The summed E-state index contributed by atoms with van der Waals surface area (Å²) in [5, 5.41) is 6.73. The molecule has 1 N–H and O–H groups in total. The van der Waals surface area contributed by atoms with Crippen LogP contribution in [0.4, 0.5) is 5.00 Å². The molecular formula is C25H25ClN2O7S3. The fraction of sp³-hybridized carbons (Fsp3) is 0.320. The SMILES string of the molecule is CCOC(=O)c1c(-c2ccccc2Cl)csc1NC(=O)COC(=O)C1CCN(S(=O)(=O)c2cccs2)CC1. The van der Waals surface area contributed by atoms with Crippen molar-refractivity contribution in [2.45, 2.75) is 24.0 Å². The highest BCUT2D eigenvalue weighted by molar-refractivity contribution is 7.91. The Morgan fingerprint density at radius 1 is 1.05 bits per heavy atom. The summed E-state index contributed by atoms with van der Waals surface area (Å²) in [4.78, 5) is 37.9. The van der Waals surface area contributed by atoms with Crippen LogP contribution >= 0.6 is 34.3 Å². The van der Waals surface area contributed by atoms with Gasteiger partial charge in [0.2, 0.25) is 0 Å². The van der Waals surface area contributed by atoms with Crippen molar-refractivity contribution >= 4 is 67.1 Å². The molecule has 1 aliphatic rings. The number of nitrogens with zero attached hydrogens (tertiary/aromatic N) is 1. The lowest BCUT2D eigenvalue weighted by Gasteiger charge is -2.29. The van der Waals surface area contributed by atoms with Gasteiger partial charge in [0, 0.05) is 34.6 Å². The molecule has 0 aliphatic carbocycles. The molecule has 3 heterocycles. The van der Waals surface area contributed by atoms with E-state index in [1.54, 1.807) is 54.1 Å². The van der Waals surface area contributed by atoms with Crippen LogP contribution in [0.3, 0.4) is 0 Å². The summed E-state index contributed by atoms with van der Waals surface area (Å²) >= 11 is 8.60. The summed E-state index contributed by atoms with van der Waals surface area (Å²) in [5.41, 5.74) is 1.31. The number of halogens is 1. The Labute approximate surface area is 233 Å². The Bertz CT molecular complexity index is 1410. The topological polar surface area (TPSA) is 119 Å². The summed E-state index contributed by atoms with van der Waals surface area (Å²) < 4.78 is 37.4. The molecule has 1 aliphatic heterocycles. The number of hydrogen-bond acceptors (Lipinski definition) is 9. The second kappa shape index (κ2) is 12.4. The Morgan fingerprint density at radius 3 is 2.45 bits per heavy atom. The van der Waals surface area contributed by atoms with Gasteiger partial charge in [-0.15, -0.1) is 22.7 Å². The van der Waals surface area contributed by atoms with Crippen LogP contribution < -0.4 is 5.32 Å². The van der Waals surface area contributed by atoms with Gasteiger partial charge in [-0.25, -0.2) is 13.2 Å². The van der Waals surface area contributed by atoms with Gasteiger partial charge in [-0.2, -0.15) is 4.31 Å². The zero-order chi connectivity index (χ0) is 27.3. The second-order valence-corrected chi connectivity index (χ2v) is 12.7. The number of ether oxygens (including phenoxy) is 2. The molecule has 1 fully saturated rings. The maximum absolute atomic E-state index is 12.7. The summed E-state index contributed by atoms with van der Waals surface area (Å²) in [5.74, 6) is -2.31. The number of benzene rings is 1. The van der Waals surface area contributed by atoms with E-state index in [-0.39, 0.29) is 34.5 Å². The highest BCUT2D eigenvalue weighted by Crippen LogP contribution is 2.39. The predicted molar refractivity (Wildman–Crippen MR) is 146 cm³/mol. The van der Waals surface area contributed by atoms with Crippen molar-refractivity contribution in [3.63, 3.8) is 0 Å². The van der Waals surface area contributed by atoms with Crippen LogP contribution in [0.25, 0.3) is 11.1 Å². The summed E-state index contributed by atoms with van der Waals surface area (Å²) in [6.07, 6.45) is 0.592. The minimum atomic E-state index is -3.57. The van der Waals surface area contributed by atoms with Gasteiger partial charge in [0.15, 0.2) is 6.61 Å². The van der Waals surface area contributed by atoms with Crippen molar-refractivity contribution in [2.75, 3.05) is 31.6 Å². The molecule has 1 saturated heterocycles. The first-order valence-corrected chi connectivity index (χ1v) is 15.3. The van der Waals surface area contributed by atoms with Crippen molar-refractivity contribution in [2.24, 2.45) is 5.92 Å². The van der Waals surface area contributed by atoms with E-state index in [4.69, 9.17) is 21.1 Å². The van der Waals surface area contributed by atoms with Crippen molar-refractivity contribution in [1.29, 1.82) is 0 Å². The minimum Gasteiger partial charge on any atom is -0.462 e. The zero-order valence-electron chi connectivity index (χ0n) is 20.3. The molecule has 0 bridgehead atoms. The number of amides is 1. The van der Waals surface area contributed by atoms with E-state index in [1.807, 2.05) is 0 Å². The summed E-state index contributed by atoms with van der Waals surface area (Å²) in [6.45, 7) is 1.66. The average Bonchev–Trinajstić information content (AvgIpc) is 3.59. The van der Waals surface area contributed by atoms with E-state index in [9.17, 15) is 22.8 Å². The molecule has 0 saturated carbocycles. The standard InChI is InChI=1S/C25H25ClN2O7S3/c1-2-34-25(31)22-18(17-6-3-4-7-19(17)26)15-37-23(22)27-20(29)14-35-24(30)16-9-11-28(12-10-16)38(32,33)21-8-5-13-36-21/h3-8,13,15-16H,2,9-12,14H2,1H3,(H,27,29). The lowest BCUT2D eigenvalue weighted by molar-refractivity contribution is -0.152. The number of carbonyl (C=O) groups is 3. The first kappa shape index (κ1) is 28.2. The van der Waals surface area contributed by atoms with E-state index in [0.29, 0.717) is 29.0 Å². The molecule has 4 rings (SSSR count). The van der Waals surface area contributed by atoms with Gasteiger partial charge in [-0.3, -0.25) is 9.59 Å². The number of esters is 2. The van der Waals surface area contributed by atoms with Crippen molar-refractivity contribution in [3.8, 4) is 11.1 Å². The molecular weight excluding hydrogens is 572 g/mol. The quantitative estimate of drug-likeness (QED) is 0.349. The molecule has 202 valence electrons. The molecule has 13 heteroatoms. The summed E-state index contributed by atoms with van der Waals surface area (Å²) in [6, 6.07) is 10.2. The largest absolute Gasteiger partial charge is 0.462 e. The molecule has 0 atom stereocenters. The van der Waals surface area contributed by atoms with Crippen LogP contribution in [0.15, 0.2) is 51.4 Å². The molecule has 38 heavy (non-hydrogen) atoms. The van der Waals surface area contributed by atoms with E-state index in [0.717, 1.165) is 22.7 Å². The van der Waals surface area contributed by atoms with Gasteiger partial charge in [0.05, 0.1) is 12.5 Å². The first-order valence-electron chi connectivity index (χ1n) is 11.8. The number of thiophene rings is 2. The van der Waals surface area contributed by atoms with E-state index in [2.05, 4.69) is 5.32 Å². The van der Waals surface area contributed by atoms with E-state index in [1.165, 1.54) is 4.31 Å². The molecule has 0 radical (unpaired) electrons. The van der Waals surface area contributed by atoms with Crippen LogP contribution in [0, 0.1) is 5.92 Å². The highest BCUT2D eigenvalue weighted by atomic mass is 35.5. The number of nitrogens with one attached hydrogen (secondary N) is 1. The molecule has 1 amide bonds. The van der Waals surface area contributed by atoms with Crippen LogP contribution in [0.1, 0.15) is 30.1 Å². The zero-order valence-corrected chi connectivity index (χ0v) is 23.6. The lowest BCUT2D eigenvalue weighted by Crippen LogP contribution is -2.40. The van der Waals surface area contributed by atoms with Gasteiger partial charge in [-0.1, -0.05) is 35.9 Å². The molecule has 1 aromatic carbocycles. The fourth-order valence-corrected chi connectivity index (χ4v) is 7.84. The minimum absolute atomic E-state index is 0.148. The predicted octanol–water partition coefficient (Wildman–Crippen LogP) is 4.89. The number of sulfonamides is 1. The molecule has 9 nitrogen and oxygen atoms in total. The molecule has 0 unspecified atom stereocenters. The maximum atomic E-state index is 12.7.